The molecular weight excluding hydrogens is 302 g/mol. The molecule has 0 radical (unpaired) electrons. The zero-order valence-corrected chi connectivity index (χ0v) is 14.1. The number of carbonyl (C=O) groups is 1. The van der Waals surface area contributed by atoms with Gasteiger partial charge in [-0.3, -0.25) is 9.48 Å². The van der Waals surface area contributed by atoms with Gasteiger partial charge in [-0.05, 0) is 43.4 Å². The van der Waals surface area contributed by atoms with Crippen molar-refractivity contribution in [3.63, 3.8) is 0 Å². The highest BCUT2D eigenvalue weighted by Crippen LogP contribution is 2.24. The molecule has 0 unspecified atom stereocenters. The van der Waals surface area contributed by atoms with Crippen molar-refractivity contribution in [3.8, 4) is 5.75 Å². The van der Waals surface area contributed by atoms with Gasteiger partial charge in [0.2, 0.25) is 5.91 Å². The molecule has 128 valence electrons. The predicted octanol–water partition coefficient (Wildman–Crippen LogP) is 2.86. The van der Waals surface area contributed by atoms with E-state index in [1.54, 1.807) is 4.68 Å². The molecule has 1 aliphatic carbocycles. The highest BCUT2D eigenvalue weighted by atomic mass is 16.5. The number of amides is 1. The number of rotatable bonds is 6. The van der Waals surface area contributed by atoms with Gasteiger partial charge in [-0.25, -0.2) is 0 Å². The third kappa shape index (κ3) is 4.60. The summed E-state index contributed by atoms with van der Waals surface area (Å²) < 4.78 is 7.87. The largest absolute Gasteiger partial charge is 0.488 e. The lowest BCUT2D eigenvalue weighted by molar-refractivity contribution is -0.122. The van der Waals surface area contributed by atoms with E-state index in [2.05, 4.69) is 10.4 Å². The number of carbonyl (C=O) groups excluding carboxylic acids is 1. The van der Waals surface area contributed by atoms with Gasteiger partial charge in [0.15, 0.2) is 0 Å². The first-order chi connectivity index (χ1) is 11.7. The molecule has 5 heteroatoms. The molecular formula is C19H25N3O2. The van der Waals surface area contributed by atoms with Gasteiger partial charge in [-0.1, -0.05) is 24.6 Å². The molecule has 1 amide bonds. The van der Waals surface area contributed by atoms with Crippen LogP contribution in [0.2, 0.25) is 0 Å². The zero-order chi connectivity index (χ0) is 16.8. The van der Waals surface area contributed by atoms with Gasteiger partial charge < -0.3 is 10.1 Å². The molecule has 24 heavy (non-hydrogen) atoms. The van der Waals surface area contributed by atoms with Gasteiger partial charge in [0.1, 0.15) is 11.9 Å². The number of hydrogen-bond donors (Lipinski definition) is 1. The molecule has 3 rings (SSSR count). The summed E-state index contributed by atoms with van der Waals surface area (Å²) in [6.45, 7) is 0. The van der Waals surface area contributed by atoms with E-state index >= 15 is 0 Å². The average Bonchev–Trinajstić information content (AvgIpc) is 3.01. The minimum absolute atomic E-state index is 0.0588. The number of hydrogen-bond acceptors (Lipinski definition) is 3. The van der Waals surface area contributed by atoms with E-state index in [0.29, 0.717) is 6.42 Å². The highest BCUT2D eigenvalue weighted by Gasteiger charge is 2.28. The van der Waals surface area contributed by atoms with Crippen molar-refractivity contribution in [2.24, 2.45) is 7.05 Å². The summed E-state index contributed by atoms with van der Waals surface area (Å²) in [4.78, 5) is 12.3. The molecule has 1 N–H and O–H groups in total. The Balaban J connectivity index is 1.52. The fourth-order valence-electron chi connectivity index (χ4n) is 3.21. The topological polar surface area (TPSA) is 56.2 Å². The van der Waals surface area contributed by atoms with E-state index < -0.39 is 0 Å². The van der Waals surface area contributed by atoms with Crippen molar-refractivity contribution < 1.29 is 9.53 Å². The fraction of sp³-hybridized carbons (Fsp3) is 0.474. The van der Waals surface area contributed by atoms with Crippen LogP contribution in [0.4, 0.5) is 0 Å². The molecule has 0 saturated heterocycles. The molecule has 1 fully saturated rings. The normalized spacial score (nSPS) is 20.5. The second-order valence-electron chi connectivity index (χ2n) is 6.45. The molecule has 1 heterocycles. The number of aromatic nitrogens is 2. The van der Waals surface area contributed by atoms with E-state index in [1.165, 1.54) is 0 Å². The van der Waals surface area contributed by atoms with Crippen LogP contribution in [0, 0.1) is 0 Å². The van der Waals surface area contributed by atoms with Crippen LogP contribution in [0.3, 0.4) is 0 Å². The van der Waals surface area contributed by atoms with Crippen LogP contribution in [-0.4, -0.2) is 27.8 Å². The summed E-state index contributed by atoms with van der Waals surface area (Å²) in [7, 11) is 1.89. The Labute approximate surface area is 143 Å². The summed E-state index contributed by atoms with van der Waals surface area (Å²) in [5.41, 5.74) is 1.09. The number of para-hydroxylation sites is 1. The Morgan fingerprint density at radius 3 is 2.83 bits per heavy atom. The number of nitrogens with zero attached hydrogens (tertiary/aromatic N) is 2. The fourth-order valence-corrected chi connectivity index (χ4v) is 3.21. The third-order valence-electron chi connectivity index (χ3n) is 4.48. The average molecular weight is 327 g/mol. The molecule has 1 saturated carbocycles. The Hall–Kier alpha value is -2.30. The third-order valence-corrected chi connectivity index (χ3v) is 4.48. The first-order valence-corrected chi connectivity index (χ1v) is 8.69. The number of ether oxygens (including phenoxy) is 1. The van der Waals surface area contributed by atoms with Crippen molar-refractivity contribution in [2.45, 2.75) is 50.7 Å². The monoisotopic (exact) mass is 327 g/mol. The van der Waals surface area contributed by atoms with Gasteiger partial charge >= 0.3 is 0 Å². The highest BCUT2D eigenvalue weighted by molar-refractivity contribution is 5.76. The van der Waals surface area contributed by atoms with Crippen LogP contribution in [0.25, 0.3) is 0 Å². The van der Waals surface area contributed by atoms with Crippen LogP contribution < -0.4 is 10.1 Å². The quantitative estimate of drug-likeness (QED) is 0.887. The van der Waals surface area contributed by atoms with Gasteiger partial charge in [0, 0.05) is 19.7 Å². The number of benzene rings is 1. The molecule has 1 aromatic carbocycles. The maximum atomic E-state index is 12.3. The molecule has 0 aliphatic heterocycles. The van der Waals surface area contributed by atoms with Crippen molar-refractivity contribution in [3.05, 3.63) is 48.3 Å². The van der Waals surface area contributed by atoms with Crippen molar-refractivity contribution in [2.75, 3.05) is 0 Å². The van der Waals surface area contributed by atoms with Crippen molar-refractivity contribution >= 4 is 5.91 Å². The van der Waals surface area contributed by atoms with Gasteiger partial charge in [-0.15, -0.1) is 0 Å². The minimum Gasteiger partial charge on any atom is -0.488 e. The van der Waals surface area contributed by atoms with E-state index in [4.69, 9.17) is 4.74 Å². The number of aryl methyl sites for hydroxylation is 2. The van der Waals surface area contributed by atoms with Crippen LogP contribution in [0.15, 0.2) is 42.7 Å². The van der Waals surface area contributed by atoms with Gasteiger partial charge in [0.25, 0.3) is 0 Å². The Kier molecular flexibility index (Phi) is 5.51. The number of nitrogens with one attached hydrogen (secondary N) is 1. The lowest BCUT2D eigenvalue weighted by atomic mass is 9.92. The van der Waals surface area contributed by atoms with E-state index in [0.717, 1.165) is 43.4 Å². The molecule has 2 aromatic rings. The molecule has 5 nitrogen and oxygen atoms in total. The Bertz CT molecular complexity index is 654. The van der Waals surface area contributed by atoms with Crippen LogP contribution in [0.1, 0.15) is 37.7 Å². The SMILES string of the molecule is Cn1cc(CCC(=O)N[C@H]2CCCC[C@H]2Oc2ccccc2)cn1. The van der Waals surface area contributed by atoms with Gasteiger partial charge in [0.05, 0.1) is 12.2 Å². The zero-order valence-electron chi connectivity index (χ0n) is 14.1. The van der Waals surface area contributed by atoms with E-state index in [1.807, 2.05) is 49.8 Å². The second kappa shape index (κ2) is 7.99. The van der Waals surface area contributed by atoms with E-state index in [-0.39, 0.29) is 18.1 Å². The molecule has 0 spiro atoms. The lowest BCUT2D eigenvalue weighted by Crippen LogP contribution is -2.47. The maximum Gasteiger partial charge on any atom is 0.220 e. The van der Waals surface area contributed by atoms with Crippen LogP contribution in [0.5, 0.6) is 5.75 Å². The van der Waals surface area contributed by atoms with Crippen molar-refractivity contribution in [1.82, 2.24) is 15.1 Å². The maximum absolute atomic E-state index is 12.3. The molecule has 2 atom stereocenters. The summed E-state index contributed by atoms with van der Waals surface area (Å²) >= 11 is 0. The molecule has 1 aromatic heterocycles. The van der Waals surface area contributed by atoms with Crippen molar-refractivity contribution in [1.29, 1.82) is 0 Å². The van der Waals surface area contributed by atoms with E-state index in [9.17, 15) is 4.79 Å². The Morgan fingerprint density at radius 1 is 1.29 bits per heavy atom. The van der Waals surface area contributed by atoms with Crippen LogP contribution >= 0.6 is 0 Å². The molecule has 1 aliphatic rings. The summed E-state index contributed by atoms with van der Waals surface area (Å²) in [5, 5.41) is 7.31. The first-order valence-electron chi connectivity index (χ1n) is 8.69. The smallest absolute Gasteiger partial charge is 0.220 e. The second-order valence-corrected chi connectivity index (χ2v) is 6.45. The predicted molar refractivity (Wildman–Crippen MR) is 92.8 cm³/mol. The summed E-state index contributed by atoms with van der Waals surface area (Å²) in [6, 6.07) is 9.96. The first kappa shape index (κ1) is 16.6. The molecule has 0 bridgehead atoms. The summed E-state index contributed by atoms with van der Waals surface area (Å²) in [5.74, 6) is 0.964. The summed E-state index contributed by atoms with van der Waals surface area (Å²) in [6.07, 6.45) is 9.30. The van der Waals surface area contributed by atoms with Crippen LogP contribution in [-0.2, 0) is 18.3 Å². The Morgan fingerprint density at radius 2 is 2.08 bits per heavy atom. The lowest BCUT2D eigenvalue weighted by Gasteiger charge is -2.32. The standard InChI is InChI=1S/C19H25N3O2/c1-22-14-15(13-20-22)11-12-19(23)21-17-9-5-6-10-18(17)24-16-7-3-2-4-8-16/h2-4,7-8,13-14,17-18H,5-6,9-12H2,1H3,(H,21,23)/t17-,18+/m0/s1. The minimum atomic E-state index is 0.0588. The van der Waals surface area contributed by atoms with Gasteiger partial charge in [-0.2, -0.15) is 5.10 Å².